The quantitative estimate of drug-likeness (QED) is 0.375. The van der Waals surface area contributed by atoms with Crippen LogP contribution in [0.1, 0.15) is 88.7 Å². The van der Waals surface area contributed by atoms with E-state index in [2.05, 4.69) is 19.1 Å². The van der Waals surface area contributed by atoms with Gasteiger partial charge in [0.2, 0.25) is 5.67 Å². The number of nitrogens with zero attached hydrogens (tertiary/aromatic N) is 1. The third-order valence-electron chi connectivity index (χ3n) is 6.94. The standard InChI is InChI=1S/C27H35F2N/c1-2-3-4-5-6-21-7-9-22(10-8-21)11-12-23-13-15-24(16-14-23)25-17-18-27(29,20-30)19-26(25)28/h13-18,21-22H,2-12,19H2,1H3/t21-,22-,27?. The van der Waals surface area contributed by atoms with Gasteiger partial charge in [-0.1, -0.05) is 95.1 Å². The molecule has 30 heavy (non-hydrogen) atoms. The lowest BCUT2D eigenvalue weighted by molar-refractivity contribution is 0.249. The van der Waals surface area contributed by atoms with Crippen LogP contribution in [-0.4, -0.2) is 5.67 Å². The lowest BCUT2D eigenvalue weighted by Crippen LogP contribution is -2.19. The van der Waals surface area contributed by atoms with Crippen molar-refractivity contribution >= 4 is 5.57 Å². The molecule has 0 spiro atoms. The summed E-state index contributed by atoms with van der Waals surface area (Å²) < 4.78 is 28.3. The van der Waals surface area contributed by atoms with E-state index in [1.807, 2.05) is 12.1 Å². The van der Waals surface area contributed by atoms with Crippen LogP contribution < -0.4 is 0 Å². The minimum Gasteiger partial charge on any atom is -0.222 e. The molecule has 2 aliphatic rings. The van der Waals surface area contributed by atoms with Crippen LogP contribution in [0.2, 0.25) is 0 Å². The van der Waals surface area contributed by atoms with Crippen molar-refractivity contribution in [2.45, 2.75) is 89.6 Å². The molecule has 1 atom stereocenters. The minimum absolute atomic E-state index is 0.391. The maximum atomic E-state index is 14.3. The van der Waals surface area contributed by atoms with Crippen LogP contribution >= 0.6 is 0 Å². The van der Waals surface area contributed by atoms with Crippen LogP contribution in [-0.2, 0) is 6.42 Å². The van der Waals surface area contributed by atoms with E-state index in [4.69, 9.17) is 5.26 Å². The van der Waals surface area contributed by atoms with Crippen molar-refractivity contribution in [1.82, 2.24) is 0 Å². The fourth-order valence-corrected chi connectivity index (χ4v) is 4.91. The molecule has 3 heteroatoms. The molecule has 3 rings (SSSR count). The zero-order valence-corrected chi connectivity index (χ0v) is 18.3. The van der Waals surface area contributed by atoms with Gasteiger partial charge < -0.3 is 0 Å². The SMILES string of the molecule is CCCCCC[C@H]1CC[C@H](CCc2ccc(C3=C(F)CC(F)(C#N)C=C3)cc2)CC1. The van der Waals surface area contributed by atoms with Crippen molar-refractivity contribution in [2.24, 2.45) is 11.8 Å². The highest BCUT2D eigenvalue weighted by Crippen LogP contribution is 2.36. The smallest absolute Gasteiger partial charge is 0.220 e. The van der Waals surface area contributed by atoms with Gasteiger partial charge in [0.15, 0.2) is 0 Å². The maximum absolute atomic E-state index is 14.3. The highest BCUT2D eigenvalue weighted by atomic mass is 19.1. The Morgan fingerprint density at radius 1 is 1.00 bits per heavy atom. The number of unbranched alkanes of at least 4 members (excludes halogenated alkanes) is 3. The molecular formula is C27H35F2N. The third-order valence-corrected chi connectivity index (χ3v) is 6.94. The molecule has 0 aromatic heterocycles. The Morgan fingerprint density at radius 3 is 2.27 bits per heavy atom. The van der Waals surface area contributed by atoms with E-state index in [0.29, 0.717) is 5.57 Å². The Bertz CT molecular complexity index is 778. The molecule has 1 aromatic carbocycles. The van der Waals surface area contributed by atoms with Crippen LogP contribution in [0, 0.1) is 23.2 Å². The maximum Gasteiger partial charge on any atom is 0.220 e. The molecule has 1 fully saturated rings. The molecule has 0 aliphatic heterocycles. The van der Waals surface area contributed by atoms with Gasteiger partial charge in [-0.05, 0) is 41.9 Å². The summed E-state index contributed by atoms with van der Waals surface area (Å²) in [4.78, 5) is 0. The van der Waals surface area contributed by atoms with Gasteiger partial charge >= 0.3 is 0 Å². The summed E-state index contributed by atoms with van der Waals surface area (Å²) in [5.41, 5.74) is 0.193. The number of aryl methyl sites for hydroxylation is 1. The molecule has 0 amide bonds. The topological polar surface area (TPSA) is 23.8 Å². The Morgan fingerprint density at radius 2 is 1.67 bits per heavy atom. The van der Waals surface area contributed by atoms with Gasteiger partial charge in [-0.25, -0.2) is 8.78 Å². The molecule has 0 bridgehead atoms. The molecular weight excluding hydrogens is 376 g/mol. The molecule has 1 nitrogen and oxygen atoms in total. The number of benzene rings is 1. The average Bonchev–Trinajstić information content (AvgIpc) is 2.77. The molecule has 1 aromatic rings. The summed E-state index contributed by atoms with van der Waals surface area (Å²) >= 11 is 0. The van der Waals surface area contributed by atoms with Gasteiger partial charge in [0.25, 0.3) is 0 Å². The molecule has 2 aliphatic carbocycles. The second kappa shape index (κ2) is 10.9. The van der Waals surface area contributed by atoms with Crippen molar-refractivity contribution in [3.8, 4) is 6.07 Å². The third kappa shape index (κ3) is 6.27. The number of halogens is 2. The van der Waals surface area contributed by atoms with E-state index in [1.165, 1.54) is 88.0 Å². The van der Waals surface area contributed by atoms with Gasteiger partial charge in [-0.3, -0.25) is 0 Å². The fourth-order valence-electron chi connectivity index (χ4n) is 4.91. The summed E-state index contributed by atoms with van der Waals surface area (Å²) in [7, 11) is 0. The summed E-state index contributed by atoms with van der Waals surface area (Å²) in [6.07, 6.45) is 16.8. The fraction of sp³-hybridized carbons (Fsp3) is 0.593. The lowest BCUT2D eigenvalue weighted by atomic mass is 9.77. The Labute approximate surface area is 180 Å². The van der Waals surface area contributed by atoms with E-state index in [9.17, 15) is 8.78 Å². The van der Waals surface area contributed by atoms with E-state index < -0.39 is 17.9 Å². The molecule has 0 N–H and O–H groups in total. The van der Waals surface area contributed by atoms with E-state index in [1.54, 1.807) is 0 Å². The van der Waals surface area contributed by atoms with Crippen LogP contribution in [0.4, 0.5) is 8.78 Å². The number of allylic oxidation sites excluding steroid dienone is 4. The Kier molecular flexibility index (Phi) is 8.25. The second-order valence-corrected chi connectivity index (χ2v) is 9.27. The first-order valence-corrected chi connectivity index (χ1v) is 11.8. The summed E-state index contributed by atoms with van der Waals surface area (Å²) in [5, 5.41) is 8.83. The predicted molar refractivity (Wildman–Crippen MR) is 120 cm³/mol. The zero-order chi connectivity index (χ0) is 21.4. The van der Waals surface area contributed by atoms with E-state index >= 15 is 0 Å². The van der Waals surface area contributed by atoms with Crippen LogP contribution in [0.3, 0.4) is 0 Å². The largest absolute Gasteiger partial charge is 0.222 e. The van der Waals surface area contributed by atoms with Crippen LogP contribution in [0.25, 0.3) is 5.57 Å². The van der Waals surface area contributed by atoms with Gasteiger partial charge in [0, 0.05) is 5.57 Å². The number of alkyl halides is 1. The summed E-state index contributed by atoms with van der Waals surface area (Å²) in [6, 6.07) is 9.48. The number of hydrogen-bond acceptors (Lipinski definition) is 1. The lowest BCUT2D eigenvalue weighted by Gasteiger charge is -2.28. The van der Waals surface area contributed by atoms with Crippen molar-refractivity contribution in [3.63, 3.8) is 0 Å². The summed E-state index contributed by atoms with van der Waals surface area (Å²) in [5.74, 6) is 1.23. The van der Waals surface area contributed by atoms with Crippen LogP contribution in [0.5, 0.6) is 0 Å². The van der Waals surface area contributed by atoms with Crippen molar-refractivity contribution in [3.05, 3.63) is 53.4 Å². The van der Waals surface area contributed by atoms with Crippen molar-refractivity contribution in [1.29, 1.82) is 5.26 Å². The van der Waals surface area contributed by atoms with Gasteiger partial charge in [-0.15, -0.1) is 0 Å². The van der Waals surface area contributed by atoms with Crippen molar-refractivity contribution in [2.75, 3.05) is 0 Å². The monoisotopic (exact) mass is 411 g/mol. The first-order chi connectivity index (χ1) is 14.5. The molecule has 0 heterocycles. The summed E-state index contributed by atoms with van der Waals surface area (Å²) in [6.45, 7) is 2.27. The highest BCUT2D eigenvalue weighted by molar-refractivity contribution is 5.77. The zero-order valence-electron chi connectivity index (χ0n) is 18.3. The molecule has 162 valence electrons. The Balaban J connectivity index is 1.43. The minimum atomic E-state index is -2.22. The Hall–Kier alpha value is -1.95. The molecule has 0 saturated heterocycles. The van der Waals surface area contributed by atoms with Crippen molar-refractivity contribution < 1.29 is 8.78 Å². The molecule has 1 saturated carbocycles. The first kappa shape index (κ1) is 22.7. The van der Waals surface area contributed by atoms with E-state index in [0.717, 1.165) is 23.8 Å². The molecule has 0 radical (unpaired) electrons. The van der Waals surface area contributed by atoms with E-state index in [-0.39, 0.29) is 0 Å². The number of hydrogen-bond donors (Lipinski definition) is 0. The van der Waals surface area contributed by atoms with Gasteiger partial charge in [0.1, 0.15) is 11.9 Å². The predicted octanol–water partition coefficient (Wildman–Crippen LogP) is 8.27. The second-order valence-electron chi connectivity index (χ2n) is 9.27. The van der Waals surface area contributed by atoms with Crippen LogP contribution in [0.15, 0.2) is 42.2 Å². The highest BCUT2D eigenvalue weighted by Gasteiger charge is 2.32. The van der Waals surface area contributed by atoms with Gasteiger partial charge in [0.05, 0.1) is 6.42 Å². The first-order valence-electron chi connectivity index (χ1n) is 11.8. The van der Waals surface area contributed by atoms with Gasteiger partial charge in [-0.2, -0.15) is 5.26 Å². The number of nitriles is 1. The molecule has 1 unspecified atom stereocenters. The normalized spacial score (nSPS) is 26.6. The average molecular weight is 412 g/mol. The number of rotatable bonds is 9.